The molecule has 5 nitrogen and oxygen atoms in total. The summed E-state index contributed by atoms with van der Waals surface area (Å²) in [5, 5.41) is 3.35. The first kappa shape index (κ1) is 17.6. The lowest BCUT2D eigenvalue weighted by molar-refractivity contribution is 0.102. The van der Waals surface area contributed by atoms with E-state index in [9.17, 15) is 13.2 Å². The second-order valence-electron chi connectivity index (χ2n) is 5.90. The molecule has 0 saturated heterocycles. The molecule has 0 spiro atoms. The molecular weight excluding hydrogens is 356 g/mol. The molecule has 1 N–H and O–H groups in total. The highest BCUT2D eigenvalue weighted by atomic mass is 32.2. The van der Waals surface area contributed by atoms with Crippen molar-refractivity contribution in [3.63, 3.8) is 0 Å². The summed E-state index contributed by atoms with van der Waals surface area (Å²) in [6.45, 7) is 2.10. The van der Waals surface area contributed by atoms with Crippen LogP contribution >= 0.6 is 11.3 Å². The number of sulfone groups is 1. The molecule has 1 heterocycles. The third kappa shape index (κ3) is 4.43. The SMILES string of the molecule is CCc1ccc2nc(NC(=O)c3ccc(CS(C)(=O)=O)cc3)sc2c1. The highest BCUT2D eigenvalue weighted by Crippen LogP contribution is 2.27. The van der Waals surface area contributed by atoms with Crippen molar-refractivity contribution in [2.75, 3.05) is 11.6 Å². The number of hydrogen-bond donors (Lipinski definition) is 1. The molecule has 1 aromatic heterocycles. The van der Waals surface area contributed by atoms with Crippen LogP contribution in [0, 0.1) is 0 Å². The minimum atomic E-state index is -3.09. The summed E-state index contributed by atoms with van der Waals surface area (Å²) >= 11 is 1.44. The van der Waals surface area contributed by atoms with Crippen LogP contribution in [-0.2, 0) is 22.0 Å². The number of fused-ring (bicyclic) bond motifs is 1. The van der Waals surface area contributed by atoms with E-state index in [0.717, 1.165) is 16.6 Å². The molecule has 3 rings (SSSR count). The van der Waals surface area contributed by atoms with Crippen molar-refractivity contribution >= 4 is 42.4 Å². The van der Waals surface area contributed by atoms with Crippen LogP contribution in [0.4, 0.5) is 5.13 Å². The number of carbonyl (C=O) groups excluding carboxylic acids is 1. The van der Waals surface area contributed by atoms with Crippen LogP contribution in [0.15, 0.2) is 42.5 Å². The van der Waals surface area contributed by atoms with E-state index in [4.69, 9.17) is 0 Å². The first-order chi connectivity index (χ1) is 11.8. The Kier molecular flexibility index (Phi) is 4.87. The normalized spacial score (nSPS) is 11.6. The molecule has 0 unspecified atom stereocenters. The number of nitrogens with one attached hydrogen (secondary N) is 1. The molecule has 0 atom stereocenters. The molecule has 130 valence electrons. The van der Waals surface area contributed by atoms with Crippen LogP contribution in [0.5, 0.6) is 0 Å². The van der Waals surface area contributed by atoms with Crippen LogP contribution in [0.2, 0.25) is 0 Å². The zero-order chi connectivity index (χ0) is 18.0. The lowest BCUT2D eigenvalue weighted by Gasteiger charge is -2.03. The fourth-order valence-electron chi connectivity index (χ4n) is 2.47. The van der Waals surface area contributed by atoms with E-state index >= 15 is 0 Å². The van der Waals surface area contributed by atoms with E-state index in [1.165, 1.54) is 23.2 Å². The molecule has 0 aliphatic carbocycles. The molecule has 0 radical (unpaired) electrons. The van der Waals surface area contributed by atoms with Gasteiger partial charge in [-0.2, -0.15) is 0 Å². The van der Waals surface area contributed by atoms with Gasteiger partial charge in [0.25, 0.3) is 5.91 Å². The summed E-state index contributed by atoms with van der Waals surface area (Å²) < 4.78 is 23.7. The molecule has 0 aliphatic heterocycles. The number of rotatable bonds is 5. The molecule has 0 bridgehead atoms. The van der Waals surface area contributed by atoms with E-state index in [1.54, 1.807) is 24.3 Å². The Morgan fingerprint density at radius 2 is 1.80 bits per heavy atom. The Balaban J connectivity index is 1.75. The number of hydrogen-bond acceptors (Lipinski definition) is 5. The van der Waals surface area contributed by atoms with Gasteiger partial charge < -0.3 is 0 Å². The highest BCUT2D eigenvalue weighted by molar-refractivity contribution is 7.89. The minimum absolute atomic E-state index is 0.0352. The van der Waals surface area contributed by atoms with E-state index < -0.39 is 9.84 Å². The van der Waals surface area contributed by atoms with Crippen molar-refractivity contribution in [2.45, 2.75) is 19.1 Å². The molecule has 7 heteroatoms. The number of aromatic nitrogens is 1. The second kappa shape index (κ2) is 6.93. The van der Waals surface area contributed by atoms with Crippen LogP contribution in [0.25, 0.3) is 10.2 Å². The van der Waals surface area contributed by atoms with Crippen LogP contribution in [-0.4, -0.2) is 25.6 Å². The lowest BCUT2D eigenvalue weighted by atomic mass is 10.1. The van der Waals surface area contributed by atoms with Crippen molar-refractivity contribution in [1.29, 1.82) is 0 Å². The maximum atomic E-state index is 12.3. The molecular formula is C18H18N2O3S2. The third-order valence-corrected chi connectivity index (χ3v) is 5.52. The zero-order valence-electron chi connectivity index (χ0n) is 13.9. The third-order valence-electron chi connectivity index (χ3n) is 3.73. The quantitative estimate of drug-likeness (QED) is 0.739. The number of aryl methyl sites for hydroxylation is 1. The number of carbonyl (C=O) groups is 1. The first-order valence-electron chi connectivity index (χ1n) is 7.81. The molecule has 0 saturated carbocycles. The van der Waals surface area contributed by atoms with E-state index in [1.807, 2.05) is 12.1 Å². The van der Waals surface area contributed by atoms with Crippen molar-refractivity contribution in [1.82, 2.24) is 4.98 Å². The highest BCUT2D eigenvalue weighted by Gasteiger charge is 2.11. The molecule has 25 heavy (non-hydrogen) atoms. The summed E-state index contributed by atoms with van der Waals surface area (Å²) in [6.07, 6.45) is 2.14. The van der Waals surface area contributed by atoms with Crippen LogP contribution in [0.1, 0.15) is 28.4 Å². The molecule has 1 amide bonds. The number of thiazole rings is 1. The predicted molar refractivity (Wildman–Crippen MR) is 102 cm³/mol. The average molecular weight is 374 g/mol. The monoisotopic (exact) mass is 374 g/mol. The van der Waals surface area contributed by atoms with Gasteiger partial charge in [-0.05, 0) is 41.8 Å². The maximum absolute atomic E-state index is 12.3. The fourth-order valence-corrected chi connectivity index (χ4v) is 4.19. The van der Waals surface area contributed by atoms with Gasteiger partial charge in [0, 0.05) is 11.8 Å². The summed E-state index contributed by atoms with van der Waals surface area (Å²) in [4.78, 5) is 16.8. The Morgan fingerprint density at radius 3 is 2.44 bits per heavy atom. The second-order valence-corrected chi connectivity index (χ2v) is 9.07. The molecule has 2 aromatic carbocycles. The van der Waals surface area contributed by atoms with Gasteiger partial charge >= 0.3 is 0 Å². The average Bonchev–Trinajstić information content (AvgIpc) is 2.95. The van der Waals surface area contributed by atoms with E-state index in [0.29, 0.717) is 16.3 Å². The van der Waals surface area contributed by atoms with Gasteiger partial charge in [-0.1, -0.05) is 36.5 Å². The molecule has 0 aliphatic rings. The topological polar surface area (TPSA) is 76.1 Å². The minimum Gasteiger partial charge on any atom is -0.298 e. The van der Waals surface area contributed by atoms with Gasteiger partial charge in [-0.3, -0.25) is 10.1 Å². The summed E-state index contributed by atoms with van der Waals surface area (Å²) in [5.74, 6) is -0.298. The summed E-state index contributed by atoms with van der Waals surface area (Å²) in [6, 6.07) is 12.6. The summed E-state index contributed by atoms with van der Waals surface area (Å²) in [7, 11) is -3.09. The summed E-state index contributed by atoms with van der Waals surface area (Å²) in [5.41, 5.74) is 3.22. The largest absolute Gasteiger partial charge is 0.298 e. The Hall–Kier alpha value is -2.25. The van der Waals surface area contributed by atoms with Crippen LogP contribution < -0.4 is 5.32 Å². The number of anilines is 1. The van der Waals surface area contributed by atoms with Gasteiger partial charge in [0.2, 0.25) is 0 Å². The number of benzene rings is 2. The molecule has 3 aromatic rings. The fraction of sp³-hybridized carbons (Fsp3) is 0.222. The van der Waals surface area contributed by atoms with Gasteiger partial charge in [0.05, 0.1) is 16.0 Å². The standard InChI is InChI=1S/C18H18N2O3S2/c1-3-12-6-9-15-16(10-12)24-18(19-15)20-17(21)14-7-4-13(5-8-14)11-25(2,22)23/h4-10H,3,11H2,1-2H3,(H,19,20,21). The van der Waals surface area contributed by atoms with Gasteiger partial charge in [-0.15, -0.1) is 0 Å². The van der Waals surface area contributed by atoms with Gasteiger partial charge in [0.15, 0.2) is 15.0 Å². The Bertz CT molecular complexity index is 1020. The first-order valence-corrected chi connectivity index (χ1v) is 10.7. The van der Waals surface area contributed by atoms with Crippen molar-refractivity contribution in [2.24, 2.45) is 0 Å². The maximum Gasteiger partial charge on any atom is 0.257 e. The van der Waals surface area contributed by atoms with Crippen LogP contribution in [0.3, 0.4) is 0 Å². The van der Waals surface area contributed by atoms with Crippen molar-refractivity contribution < 1.29 is 13.2 Å². The number of nitrogens with zero attached hydrogens (tertiary/aromatic N) is 1. The van der Waals surface area contributed by atoms with E-state index in [-0.39, 0.29) is 11.7 Å². The lowest BCUT2D eigenvalue weighted by Crippen LogP contribution is -2.11. The number of amides is 1. The van der Waals surface area contributed by atoms with Crippen molar-refractivity contribution in [3.05, 3.63) is 59.2 Å². The van der Waals surface area contributed by atoms with Gasteiger partial charge in [-0.25, -0.2) is 13.4 Å². The predicted octanol–water partition coefficient (Wildman–Crippen LogP) is 3.66. The molecule has 0 fully saturated rings. The van der Waals surface area contributed by atoms with E-state index in [2.05, 4.69) is 23.3 Å². The van der Waals surface area contributed by atoms with Gasteiger partial charge in [0.1, 0.15) is 0 Å². The zero-order valence-corrected chi connectivity index (χ0v) is 15.6. The Labute approximate surface area is 150 Å². The Morgan fingerprint density at radius 1 is 1.12 bits per heavy atom. The van der Waals surface area contributed by atoms with Crippen molar-refractivity contribution in [3.8, 4) is 0 Å². The smallest absolute Gasteiger partial charge is 0.257 e.